The molecular formula is C7H13BLiN. The van der Waals surface area contributed by atoms with E-state index in [4.69, 9.17) is 0 Å². The van der Waals surface area contributed by atoms with E-state index in [2.05, 4.69) is 36.6 Å². The number of unbranched alkanes of at least 4 members (excludes halogenated alkanes) is 1. The summed E-state index contributed by atoms with van der Waals surface area (Å²) in [7, 11) is 2.16. The van der Waals surface area contributed by atoms with Gasteiger partial charge in [0.15, 0.2) is 0 Å². The molecule has 50 valence electrons. The summed E-state index contributed by atoms with van der Waals surface area (Å²) in [6.07, 6.45) is 5.26. The van der Waals surface area contributed by atoms with Gasteiger partial charge in [-0.1, -0.05) is 0 Å². The van der Waals surface area contributed by atoms with Crippen molar-refractivity contribution in [2.24, 2.45) is 4.90 Å². The molecule has 10 heavy (non-hydrogen) atoms. The Morgan fingerprint density at radius 2 is 2.50 bits per heavy atom. The van der Waals surface area contributed by atoms with Gasteiger partial charge in [-0.25, -0.2) is 0 Å². The summed E-state index contributed by atoms with van der Waals surface area (Å²) in [6, 6.07) is 0. The molecule has 1 unspecified atom stereocenters. The van der Waals surface area contributed by atoms with Crippen LogP contribution in [0.15, 0.2) is 4.90 Å². The van der Waals surface area contributed by atoms with E-state index in [1.165, 1.54) is 25.7 Å². The van der Waals surface area contributed by atoms with E-state index in [0.717, 1.165) is 6.54 Å². The summed E-state index contributed by atoms with van der Waals surface area (Å²) in [5, 5.41) is 0. The second-order valence-corrected chi connectivity index (χ2v) is 3.54. The third kappa shape index (κ3) is 2.25. The predicted octanol–water partition coefficient (Wildman–Crippen LogP) is 1.75. The number of hydrogen-bond donors (Lipinski definition) is 0. The normalized spacial score (nSPS) is 30.7. The Labute approximate surface area is 73.1 Å². The van der Waals surface area contributed by atoms with E-state index >= 15 is 0 Å². The van der Waals surface area contributed by atoms with Crippen LogP contribution in [-0.4, -0.2) is 31.3 Å². The fraction of sp³-hybridized carbons (Fsp3) is 1.00. The monoisotopic (exact) mass is 129 g/mol. The van der Waals surface area contributed by atoms with Crippen LogP contribution >= 0.6 is 0 Å². The Balaban J connectivity index is 2.30. The fourth-order valence-corrected chi connectivity index (χ4v) is 1.44. The second kappa shape index (κ2) is 3.74. The van der Waals surface area contributed by atoms with E-state index in [9.17, 15) is 0 Å². The molecule has 0 aromatic carbocycles. The SMILES string of the molecule is [Li][C]1(CCCC)B=NCC1. The summed E-state index contributed by atoms with van der Waals surface area (Å²) < 4.78 is 0.454. The van der Waals surface area contributed by atoms with Crippen LogP contribution in [0, 0.1) is 0 Å². The molecule has 0 saturated heterocycles. The molecule has 0 fully saturated rings. The van der Waals surface area contributed by atoms with E-state index < -0.39 is 0 Å². The number of hydrogen-bond acceptors (Lipinski definition) is 1. The van der Waals surface area contributed by atoms with E-state index in [-0.39, 0.29) is 0 Å². The minimum absolute atomic E-state index is 0.454. The molecule has 0 amide bonds. The first kappa shape index (κ1) is 8.56. The molecule has 1 heterocycles. The number of rotatable bonds is 3. The van der Waals surface area contributed by atoms with Crippen molar-refractivity contribution in [1.29, 1.82) is 0 Å². The van der Waals surface area contributed by atoms with E-state index in [1.807, 2.05) is 0 Å². The Bertz CT molecular complexity index is 138. The van der Waals surface area contributed by atoms with Crippen LogP contribution in [0.5, 0.6) is 0 Å². The van der Waals surface area contributed by atoms with Crippen molar-refractivity contribution in [1.82, 2.24) is 0 Å². The van der Waals surface area contributed by atoms with Gasteiger partial charge in [0, 0.05) is 0 Å². The van der Waals surface area contributed by atoms with Gasteiger partial charge in [-0.3, -0.25) is 0 Å². The Morgan fingerprint density at radius 3 is 3.00 bits per heavy atom. The molecule has 1 aliphatic heterocycles. The molecule has 1 atom stereocenters. The van der Waals surface area contributed by atoms with E-state index in [0.29, 0.717) is 3.99 Å². The van der Waals surface area contributed by atoms with Gasteiger partial charge in [0.1, 0.15) is 0 Å². The van der Waals surface area contributed by atoms with Gasteiger partial charge in [-0.15, -0.1) is 0 Å². The Hall–Kier alpha value is 0.462. The van der Waals surface area contributed by atoms with Crippen molar-refractivity contribution in [3.8, 4) is 0 Å². The zero-order valence-electron chi connectivity index (χ0n) is 7.06. The van der Waals surface area contributed by atoms with Crippen LogP contribution in [0.1, 0.15) is 32.6 Å². The van der Waals surface area contributed by atoms with Crippen LogP contribution in [0.3, 0.4) is 0 Å². The van der Waals surface area contributed by atoms with E-state index in [1.54, 1.807) is 0 Å². The van der Waals surface area contributed by atoms with Gasteiger partial charge in [-0.2, -0.15) is 0 Å². The zero-order chi connectivity index (χ0) is 7.45. The Morgan fingerprint density at radius 1 is 1.70 bits per heavy atom. The third-order valence-electron chi connectivity index (χ3n) is 2.32. The molecule has 0 spiro atoms. The summed E-state index contributed by atoms with van der Waals surface area (Å²) >= 11 is 2.32. The zero-order valence-corrected chi connectivity index (χ0v) is 7.06. The first-order chi connectivity index (χ1) is 4.77. The number of nitrogens with zero attached hydrogens (tertiary/aromatic N) is 1. The molecule has 1 rings (SSSR count). The molecule has 3 heteroatoms. The van der Waals surface area contributed by atoms with Crippen LogP contribution in [0.2, 0.25) is 3.99 Å². The quantitative estimate of drug-likeness (QED) is 0.514. The van der Waals surface area contributed by atoms with Crippen molar-refractivity contribution in [2.45, 2.75) is 36.6 Å². The molecule has 0 aromatic rings. The predicted molar refractivity (Wildman–Crippen MR) is 45.6 cm³/mol. The van der Waals surface area contributed by atoms with Gasteiger partial charge in [0.25, 0.3) is 0 Å². The van der Waals surface area contributed by atoms with Crippen molar-refractivity contribution in [2.75, 3.05) is 6.54 Å². The average molecular weight is 129 g/mol. The second-order valence-electron chi connectivity index (χ2n) is 3.54. The molecule has 0 aromatic heterocycles. The summed E-state index contributed by atoms with van der Waals surface area (Å²) in [4.78, 5) is 4.26. The fourth-order valence-electron chi connectivity index (χ4n) is 1.44. The van der Waals surface area contributed by atoms with Gasteiger partial charge < -0.3 is 0 Å². The summed E-state index contributed by atoms with van der Waals surface area (Å²) in [6.45, 7) is 3.30. The van der Waals surface area contributed by atoms with Crippen LogP contribution < -0.4 is 0 Å². The van der Waals surface area contributed by atoms with Crippen LogP contribution in [-0.2, 0) is 0 Å². The molecule has 0 bridgehead atoms. The molecule has 1 aliphatic rings. The van der Waals surface area contributed by atoms with Crippen molar-refractivity contribution >= 4 is 24.8 Å². The summed E-state index contributed by atoms with van der Waals surface area (Å²) in [5.74, 6) is 0. The first-order valence-corrected chi connectivity index (χ1v) is 4.28. The van der Waals surface area contributed by atoms with Gasteiger partial charge in [0.05, 0.1) is 0 Å². The topological polar surface area (TPSA) is 12.4 Å². The molecule has 0 N–H and O–H groups in total. The molecular weight excluding hydrogens is 116 g/mol. The molecule has 0 aliphatic carbocycles. The van der Waals surface area contributed by atoms with Crippen molar-refractivity contribution in [3.05, 3.63) is 0 Å². The maximum absolute atomic E-state index is 4.26. The first-order valence-electron chi connectivity index (χ1n) is 4.28. The standard InChI is InChI=1S/C7H13BN.Li/c1-2-3-4-7-5-6-9-8-7;/h2-6H2,1H3;. The molecule has 0 radical (unpaired) electrons. The van der Waals surface area contributed by atoms with Gasteiger partial charge >= 0.3 is 72.8 Å². The van der Waals surface area contributed by atoms with Crippen molar-refractivity contribution < 1.29 is 0 Å². The molecule has 1 nitrogen and oxygen atoms in total. The maximum atomic E-state index is 4.26. The molecule has 0 saturated carbocycles. The van der Waals surface area contributed by atoms with Crippen molar-refractivity contribution in [3.63, 3.8) is 0 Å². The summed E-state index contributed by atoms with van der Waals surface area (Å²) in [5.41, 5.74) is 0. The Kier molecular flexibility index (Phi) is 3.20. The van der Waals surface area contributed by atoms with Crippen LogP contribution in [0.4, 0.5) is 0 Å². The minimum atomic E-state index is 0.454. The average Bonchev–Trinajstić information content (AvgIpc) is 2.33. The van der Waals surface area contributed by atoms with Gasteiger partial charge in [0.2, 0.25) is 0 Å². The third-order valence-corrected chi connectivity index (χ3v) is 2.32. The van der Waals surface area contributed by atoms with Gasteiger partial charge in [-0.05, 0) is 0 Å². The van der Waals surface area contributed by atoms with Crippen LogP contribution in [0.25, 0.3) is 0 Å².